The van der Waals surface area contributed by atoms with Crippen molar-refractivity contribution in [2.45, 2.75) is 51.7 Å². The lowest BCUT2D eigenvalue weighted by atomic mass is 9.70. The van der Waals surface area contributed by atoms with Crippen LogP contribution in [0.25, 0.3) is 0 Å². The number of piperidine rings is 1. The van der Waals surface area contributed by atoms with E-state index in [-0.39, 0.29) is 41.6 Å². The molecule has 2 saturated heterocycles. The minimum atomic E-state index is -1.02. The van der Waals surface area contributed by atoms with Gasteiger partial charge in [-0.1, -0.05) is 50.2 Å². The van der Waals surface area contributed by atoms with E-state index in [0.717, 1.165) is 11.6 Å². The largest absolute Gasteiger partial charge is 0.384 e. The van der Waals surface area contributed by atoms with Crippen LogP contribution in [0, 0.1) is 29.4 Å². The van der Waals surface area contributed by atoms with E-state index in [1.807, 2.05) is 49.1 Å². The van der Waals surface area contributed by atoms with Crippen molar-refractivity contribution in [2.75, 3.05) is 26.2 Å². The molecule has 2 aromatic carbocycles. The Morgan fingerprint density at radius 2 is 1.57 bits per heavy atom. The highest BCUT2D eigenvalue weighted by Gasteiger charge is 2.50. The zero-order valence-electron chi connectivity index (χ0n) is 21.2. The van der Waals surface area contributed by atoms with Crippen molar-refractivity contribution in [3.05, 3.63) is 71.3 Å². The molecule has 0 saturated carbocycles. The summed E-state index contributed by atoms with van der Waals surface area (Å²) in [6, 6.07) is 13.3. The van der Waals surface area contributed by atoms with Crippen LogP contribution < -0.4 is 0 Å². The van der Waals surface area contributed by atoms with Gasteiger partial charge in [-0.2, -0.15) is 0 Å². The van der Waals surface area contributed by atoms with Crippen LogP contribution in [0.1, 0.15) is 51.7 Å². The molecule has 1 amide bonds. The van der Waals surface area contributed by atoms with Crippen molar-refractivity contribution < 1.29 is 18.7 Å². The minimum Gasteiger partial charge on any atom is -0.384 e. The van der Waals surface area contributed by atoms with Gasteiger partial charge in [-0.3, -0.25) is 9.69 Å². The van der Waals surface area contributed by atoms with E-state index in [1.54, 1.807) is 0 Å². The maximum Gasteiger partial charge on any atom is 0.227 e. The van der Waals surface area contributed by atoms with Gasteiger partial charge in [0.2, 0.25) is 5.91 Å². The molecule has 4 nitrogen and oxygen atoms in total. The molecule has 0 spiro atoms. The lowest BCUT2D eigenvalue weighted by molar-refractivity contribution is -0.152. The zero-order chi connectivity index (χ0) is 24.8. The summed E-state index contributed by atoms with van der Waals surface area (Å²) >= 11 is 0. The Morgan fingerprint density at radius 1 is 0.971 bits per heavy atom. The van der Waals surface area contributed by atoms with Gasteiger partial charge in [-0.05, 0) is 38.0 Å². The Morgan fingerprint density at radius 3 is 2.11 bits per heavy atom. The standard InChI is InChI=1S/C28H36F2N2O2.ClH/c1-18-14-31(15-19(2)28(18,34)20-9-7-6-8-10-20)26(33)24-17-32(27(3,4)5)16-23(24)22-12-11-21(29)13-25(22)30;/h6-13,18-19,23-24,34H,14-17H2,1-5H3;1H/t18?,19?,23-,24+,28?;/m0./s1. The number of amides is 1. The Balaban J connectivity index is 0.00000342. The van der Waals surface area contributed by atoms with Crippen molar-refractivity contribution in [1.29, 1.82) is 0 Å². The SMILES string of the molecule is CC1CN(C(=O)[C@@H]2CN(C(C)(C)C)C[C@H]2c2ccc(F)cc2F)CC(C)C1(O)c1ccccc1.Cl. The van der Waals surface area contributed by atoms with Gasteiger partial charge >= 0.3 is 0 Å². The van der Waals surface area contributed by atoms with Crippen molar-refractivity contribution in [3.8, 4) is 0 Å². The number of benzene rings is 2. The van der Waals surface area contributed by atoms with Crippen LogP contribution in [0.5, 0.6) is 0 Å². The molecule has 0 bridgehead atoms. The summed E-state index contributed by atoms with van der Waals surface area (Å²) in [5.74, 6) is -2.35. The first-order chi connectivity index (χ1) is 15.9. The second-order valence-electron chi connectivity index (χ2n) is 11.2. The van der Waals surface area contributed by atoms with E-state index in [9.17, 15) is 18.7 Å². The van der Waals surface area contributed by atoms with Crippen LogP contribution in [0.2, 0.25) is 0 Å². The summed E-state index contributed by atoms with van der Waals surface area (Å²) in [5, 5.41) is 11.7. The minimum absolute atomic E-state index is 0. The topological polar surface area (TPSA) is 43.8 Å². The number of aliphatic hydroxyl groups is 1. The van der Waals surface area contributed by atoms with Gasteiger partial charge in [0.1, 0.15) is 11.6 Å². The fourth-order valence-corrected chi connectivity index (χ4v) is 5.91. The molecule has 4 atom stereocenters. The smallest absolute Gasteiger partial charge is 0.227 e. The number of rotatable bonds is 3. The maximum absolute atomic E-state index is 14.8. The van der Waals surface area contributed by atoms with E-state index < -0.39 is 23.2 Å². The van der Waals surface area contributed by atoms with E-state index in [4.69, 9.17) is 0 Å². The van der Waals surface area contributed by atoms with Gasteiger partial charge in [0.15, 0.2) is 0 Å². The quantitative estimate of drug-likeness (QED) is 0.622. The van der Waals surface area contributed by atoms with Gasteiger partial charge in [-0.15, -0.1) is 12.4 Å². The molecule has 2 unspecified atom stereocenters. The monoisotopic (exact) mass is 506 g/mol. The van der Waals surface area contributed by atoms with Gasteiger partial charge in [0.05, 0.1) is 11.5 Å². The molecule has 2 fully saturated rings. The summed E-state index contributed by atoms with van der Waals surface area (Å²) < 4.78 is 28.4. The predicted molar refractivity (Wildman–Crippen MR) is 136 cm³/mol. The average Bonchev–Trinajstić information content (AvgIpc) is 3.23. The third-order valence-corrected chi connectivity index (χ3v) is 7.99. The first-order valence-corrected chi connectivity index (χ1v) is 12.2. The molecular weight excluding hydrogens is 470 g/mol. The Bertz CT molecular complexity index is 1030. The molecule has 0 radical (unpaired) electrons. The van der Waals surface area contributed by atoms with E-state index >= 15 is 0 Å². The van der Waals surface area contributed by atoms with Crippen molar-refractivity contribution >= 4 is 18.3 Å². The average molecular weight is 507 g/mol. The lowest BCUT2D eigenvalue weighted by Crippen LogP contribution is -2.57. The summed E-state index contributed by atoms with van der Waals surface area (Å²) in [6.45, 7) is 12.1. The predicted octanol–water partition coefficient (Wildman–Crippen LogP) is 5.20. The van der Waals surface area contributed by atoms with Crippen LogP contribution >= 0.6 is 12.4 Å². The van der Waals surface area contributed by atoms with Crippen LogP contribution in [-0.2, 0) is 10.4 Å². The molecule has 2 aliphatic rings. The highest BCUT2D eigenvalue weighted by molar-refractivity contribution is 5.85. The number of nitrogens with zero attached hydrogens (tertiary/aromatic N) is 2. The molecule has 192 valence electrons. The lowest BCUT2D eigenvalue weighted by Gasteiger charge is -2.48. The third-order valence-electron chi connectivity index (χ3n) is 7.99. The fraction of sp³-hybridized carbons (Fsp3) is 0.536. The van der Waals surface area contributed by atoms with Crippen molar-refractivity contribution in [1.82, 2.24) is 9.80 Å². The third kappa shape index (κ3) is 5.11. The van der Waals surface area contributed by atoms with Gasteiger partial charge in [-0.25, -0.2) is 8.78 Å². The Kier molecular flexibility index (Phi) is 8.00. The molecule has 2 aromatic rings. The van der Waals surface area contributed by atoms with Crippen molar-refractivity contribution in [2.24, 2.45) is 17.8 Å². The second-order valence-corrected chi connectivity index (χ2v) is 11.2. The number of carbonyl (C=O) groups is 1. The van der Waals surface area contributed by atoms with Crippen molar-refractivity contribution in [3.63, 3.8) is 0 Å². The first-order valence-electron chi connectivity index (χ1n) is 12.2. The molecule has 7 heteroatoms. The number of carbonyl (C=O) groups excluding carboxylic acids is 1. The Hall–Kier alpha value is -2.02. The molecule has 35 heavy (non-hydrogen) atoms. The van der Waals surface area contributed by atoms with E-state index in [1.165, 1.54) is 12.1 Å². The summed E-state index contributed by atoms with van der Waals surface area (Å²) in [5.41, 5.74) is 0.0616. The summed E-state index contributed by atoms with van der Waals surface area (Å²) in [6.07, 6.45) is 0. The number of likely N-dealkylation sites (tertiary alicyclic amines) is 2. The number of halogens is 3. The maximum atomic E-state index is 14.8. The van der Waals surface area contributed by atoms with Crippen LogP contribution in [-0.4, -0.2) is 52.5 Å². The summed E-state index contributed by atoms with van der Waals surface area (Å²) in [7, 11) is 0. The first kappa shape index (κ1) is 27.6. The van der Waals surface area contributed by atoms with Gasteiger partial charge < -0.3 is 10.0 Å². The van der Waals surface area contributed by atoms with E-state index in [2.05, 4.69) is 25.7 Å². The van der Waals surface area contributed by atoms with Gasteiger partial charge in [0.25, 0.3) is 0 Å². The molecular formula is C28H37ClF2N2O2. The van der Waals surface area contributed by atoms with Crippen LogP contribution in [0.4, 0.5) is 8.78 Å². The highest BCUT2D eigenvalue weighted by Crippen LogP contribution is 2.43. The fourth-order valence-electron chi connectivity index (χ4n) is 5.91. The molecule has 4 rings (SSSR count). The van der Waals surface area contributed by atoms with Gasteiger partial charge in [0, 0.05) is 55.5 Å². The van der Waals surface area contributed by atoms with Crippen LogP contribution in [0.3, 0.4) is 0 Å². The molecule has 0 aliphatic carbocycles. The highest BCUT2D eigenvalue weighted by atomic mass is 35.5. The molecule has 2 aliphatic heterocycles. The molecule has 1 N–H and O–H groups in total. The van der Waals surface area contributed by atoms with Crippen LogP contribution in [0.15, 0.2) is 48.5 Å². The molecule has 0 aromatic heterocycles. The molecule has 2 heterocycles. The zero-order valence-corrected chi connectivity index (χ0v) is 22.0. The Labute approximate surface area is 213 Å². The normalized spacial score (nSPS) is 29.7. The van der Waals surface area contributed by atoms with E-state index in [0.29, 0.717) is 31.7 Å². The number of hydrogen-bond donors (Lipinski definition) is 1. The summed E-state index contributed by atoms with van der Waals surface area (Å²) in [4.78, 5) is 17.9. The second kappa shape index (κ2) is 10.2. The number of hydrogen-bond acceptors (Lipinski definition) is 3.